The summed E-state index contributed by atoms with van der Waals surface area (Å²) in [6.07, 6.45) is 2.33. The quantitative estimate of drug-likeness (QED) is 0.906. The number of carboxylic acid groups (broad SMARTS) is 1. The summed E-state index contributed by atoms with van der Waals surface area (Å²) in [6.45, 7) is -0.0980. The van der Waals surface area contributed by atoms with Gasteiger partial charge in [0.25, 0.3) is 0 Å². The van der Waals surface area contributed by atoms with Crippen molar-refractivity contribution in [2.45, 2.75) is 31.3 Å². The highest BCUT2D eigenvalue weighted by atomic mass is 32.2. The van der Waals surface area contributed by atoms with Crippen LogP contribution in [0, 0.1) is 0 Å². The van der Waals surface area contributed by atoms with Crippen LogP contribution in [0.2, 0.25) is 0 Å². The molecule has 0 radical (unpaired) electrons. The fourth-order valence-corrected chi connectivity index (χ4v) is 5.31. The first-order valence-electron chi connectivity index (χ1n) is 7.22. The third-order valence-electron chi connectivity index (χ3n) is 4.50. The lowest BCUT2D eigenvalue weighted by molar-refractivity contribution is -0.139. The molecule has 1 heterocycles. The van der Waals surface area contributed by atoms with Gasteiger partial charge in [-0.25, -0.2) is 8.42 Å². The van der Waals surface area contributed by atoms with E-state index in [1.165, 1.54) is 5.56 Å². The Morgan fingerprint density at radius 3 is 2.71 bits per heavy atom. The van der Waals surface area contributed by atoms with Gasteiger partial charge in [-0.2, -0.15) is 0 Å². The van der Waals surface area contributed by atoms with Crippen molar-refractivity contribution in [1.82, 2.24) is 4.90 Å². The molecule has 21 heavy (non-hydrogen) atoms. The fourth-order valence-electron chi connectivity index (χ4n) is 3.57. The van der Waals surface area contributed by atoms with Crippen LogP contribution >= 0.6 is 0 Å². The molecule has 0 aromatic heterocycles. The van der Waals surface area contributed by atoms with Crippen LogP contribution in [0.15, 0.2) is 24.3 Å². The number of fused-ring (bicyclic) bond motifs is 1. The molecule has 1 N–H and O–H groups in total. The first-order chi connectivity index (χ1) is 9.96. The Balaban J connectivity index is 1.89. The van der Waals surface area contributed by atoms with Crippen molar-refractivity contribution in [3.63, 3.8) is 0 Å². The second-order valence-corrected chi connectivity index (χ2v) is 8.10. The molecule has 5 nitrogen and oxygen atoms in total. The molecule has 1 aliphatic heterocycles. The maximum atomic E-state index is 11.7. The lowest BCUT2D eigenvalue weighted by Gasteiger charge is -2.33. The van der Waals surface area contributed by atoms with Crippen LogP contribution in [0.3, 0.4) is 0 Å². The lowest BCUT2D eigenvalue weighted by Crippen LogP contribution is -2.41. The number of aryl methyl sites for hydroxylation is 1. The van der Waals surface area contributed by atoms with Crippen molar-refractivity contribution >= 4 is 15.8 Å². The molecule has 2 aliphatic rings. The largest absolute Gasteiger partial charge is 0.480 e. The second kappa shape index (κ2) is 5.42. The first kappa shape index (κ1) is 14.5. The molecule has 1 saturated heterocycles. The van der Waals surface area contributed by atoms with E-state index in [1.54, 1.807) is 0 Å². The van der Waals surface area contributed by atoms with Gasteiger partial charge < -0.3 is 5.11 Å². The number of carboxylic acids is 1. The molecule has 0 amide bonds. The Bertz CT molecular complexity index is 655. The SMILES string of the molecule is O=C(O)CN(C1CCS(=O)(=O)C1)C1CCc2ccccc21. The summed E-state index contributed by atoms with van der Waals surface area (Å²) >= 11 is 0. The minimum atomic E-state index is -3.02. The van der Waals surface area contributed by atoms with E-state index in [1.807, 2.05) is 23.1 Å². The molecule has 1 aromatic carbocycles. The van der Waals surface area contributed by atoms with E-state index < -0.39 is 15.8 Å². The molecule has 1 fully saturated rings. The van der Waals surface area contributed by atoms with Gasteiger partial charge in [0.1, 0.15) is 0 Å². The minimum Gasteiger partial charge on any atom is -0.480 e. The minimum absolute atomic E-state index is 0.0237. The van der Waals surface area contributed by atoms with E-state index in [0.29, 0.717) is 6.42 Å². The average molecular weight is 309 g/mol. The summed E-state index contributed by atoms with van der Waals surface area (Å²) in [5, 5.41) is 9.19. The molecule has 1 aliphatic carbocycles. The monoisotopic (exact) mass is 309 g/mol. The normalized spacial score (nSPS) is 26.9. The molecule has 0 bridgehead atoms. The zero-order valence-corrected chi connectivity index (χ0v) is 12.6. The van der Waals surface area contributed by atoms with Crippen molar-refractivity contribution < 1.29 is 18.3 Å². The van der Waals surface area contributed by atoms with E-state index in [2.05, 4.69) is 6.07 Å². The highest BCUT2D eigenvalue weighted by Gasteiger charge is 2.38. The summed E-state index contributed by atoms with van der Waals surface area (Å²) in [6, 6.07) is 7.90. The van der Waals surface area contributed by atoms with Crippen molar-refractivity contribution in [2.24, 2.45) is 0 Å². The number of rotatable bonds is 4. The van der Waals surface area contributed by atoms with Crippen molar-refractivity contribution in [3.8, 4) is 0 Å². The molecule has 2 atom stereocenters. The van der Waals surface area contributed by atoms with Gasteiger partial charge in [-0.15, -0.1) is 0 Å². The molecule has 0 saturated carbocycles. The van der Waals surface area contributed by atoms with E-state index in [-0.39, 0.29) is 30.1 Å². The molecule has 3 rings (SSSR count). The molecule has 1 aromatic rings. The summed E-state index contributed by atoms with van der Waals surface area (Å²) in [4.78, 5) is 13.1. The number of nitrogens with zero attached hydrogens (tertiary/aromatic N) is 1. The third kappa shape index (κ3) is 2.96. The van der Waals surface area contributed by atoms with Gasteiger partial charge in [-0.3, -0.25) is 9.69 Å². The van der Waals surface area contributed by atoms with Crippen molar-refractivity contribution in [3.05, 3.63) is 35.4 Å². The Labute approximate surface area is 124 Å². The zero-order valence-electron chi connectivity index (χ0n) is 11.7. The summed E-state index contributed by atoms with van der Waals surface area (Å²) < 4.78 is 23.4. The smallest absolute Gasteiger partial charge is 0.317 e. The van der Waals surface area contributed by atoms with Crippen molar-refractivity contribution in [1.29, 1.82) is 0 Å². The third-order valence-corrected chi connectivity index (χ3v) is 6.25. The van der Waals surface area contributed by atoms with Crippen LogP contribution in [-0.2, 0) is 21.1 Å². The van der Waals surface area contributed by atoms with E-state index in [0.717, 1.165) is 18.4 Å². The van der Waals surface area contributed by atoms with Crippen LogP contribution in [-0.4, -0.2) is 48.5 Å². The number of sulfone groups is 1. The highest BCUT2D eigenvalue weighted by molar-refractivity contribution is 7.91. The van der Waals surface area contributed by atoms with Crippen LogP contribution < -0.4 is 0 Å². The fraction of sp³-hybridized carbons (Fsp3) is 0.533. The molecule has 0 spiro atoms. The van der Waals surface area contributed by atoms with Crippen molar-refractivity contribution in [2.75, 3.05) is 18.1 Å². The van der Waals surface area contributed by atoms with Gasteiger partial charge in [0.15, 0.2) is 9.84 Å². The van der Waals surface area contributed by atoms with E-state index in [4.69, 9.17) is 0 Å². The van der Waals surface area contributed by atoms with Crippen LogP contribution in [0.25, 0.3) is 0 Å². The van der Waals surface area contributed by atoms with Gasteiger partial charge in [0, 0.05) is 12.1 Å². The maximum absolute atomic E-state index is 11.7. The molecule has 6 heteroatoms. The Morgan fingerprint density at radius 2 is 2.05 bits per heavy atom. The lowest BCUT2D eigenvalue weighted by atomic mass is 10.0. The Hall–Kier alpha value is -1.40. The standard InChI is InChI=1S/C15H19NO4S/c17-15(18)9-16(12-7-8-21(19,20)10-12)14-6-5-11-3-1-2-4-13(11)14/h1-4,12,14H,5-10H2,(H,17,18). The van der Waals surface area contributed by atoms with Crippen LogP contribution in [0.5, 0.6) is 0 Å². The number of hydrogen-bond donors (Lipinski definition) is 1. The van der Waals surface area contributed by atoms with E-state index >= 15 is 0 Å². The summed E-state index contributed by atoms with van der Waals surface area (Å²) in [5.41, 5.74) is 2.40. The molecular weight excluding hydrogens is 290 g/mol. The van der Waals surface area contributed by atoms with Gasteiger partial charge in [-0.1, -0.05) is 24.3 Å². The molecular formula is C15H19NO4S. The predicted molar refractivity (Wildman–Crippen MR) is 78.9 cm³/mol. The topological polar surface area (TPSA) is 74.7 Å². The first-order valence-corrected chi connectivity index (χ1v) is 9.04. The Kier molecular flexibility index (Phi) is 3.75. The summed E-state index contributed by atoms with van der Waals surface area (Å²) in [7, 11) is -3.02. The zero-order chi connectivity index (χ0) is 15.0. The molecule has 114 valence electrons. The van der Waals surface area contributed by atoms with Gasteiger partial charge in [-0.05, 0) is 30.4 Å². The Morgan fingerprint density at radius 1 is 1.29 bits per heavy atom. The number of hydrogen-bond acceptors (Lipinski definition) is 4. The second-order valence-electron chi connectivity index (χ2n) is 5.88. The maximum Gasteiger partial charge on any atom is 0.317 e. The number of benzene rings is 1. The van der Waals surface area contributed by atoms with Gasteiger partial charge >= 0.3 is 5.97 Å². The number of carbonyl (C=O) groups is 1. The van der Waals surface area contributed by atoms with Gasteiger partial charge in [0.2, 0.25) is 0 Å². The highest BCUT2D eigenvalue weighted by Crippen LogP contribution is 2.38. The average Bonchev–Trinajstić information content (AvgIpc) is 2.99. The molecule has 2 unspecified atom stereocenters. The van der Waals surface area contributed by atoms with Crippen LogP contribution in [0.1, 0.15) is 30.0 Å². The van der Waals surface area contributed by atoms with Crippen LogP contribution in [0.4, 0.5) is 0 Å². The number of aliphatic carboxylic acids is 1. The summed E-state index contributed by atoms with van der Waals surface area (Å²) in [5.74, 6) is -0.648. The predicted octanol–water partition coefficient (Wildman–Crippen LogP) is 1.25. The van der Waals surface area contributed by atoms with Gasteiger partial charge in [0.05, 0.1) is 18.1 Å². The van der Waals surface area contributed by atoms with E-state index in [9.17, 15) is 18.3 Å².